The monoisotopic (exact) mass is 328 g/mol. The maximum atomic E-state index is 12.1. The Morgan fingerprint density at radius 2 is 1.96 bits per heavy atom. The van der Waals surface area contributed by atoms with Crippen LogP contribution in [0.2, 0.25) is 0 Å². The molecule has 0 radical (unpaired) electrons. The first-order valence-corrected chi connectivity index (χ1v) is 6.87. The van der Waals surface area contributed by atoms with E-state index in [9.17, 15) is 30.3 Å². The molecule has 126 valence electrons. The minimum atomic E-state index is -1.51. The Hall–Kier alpha value is -2.07. The van der Waals surface area contributed by atoms with Gasteiger partial charge in [-0.25, -0.2) is 4.79 Å². The summed E-state index contributed by atoms with van der Waals surface area (Å²) in [5.74, 6) is -2.16. The maximum absolute atomic E-state index is 12.1. The summed E-state index contributed by atoms with van der Waals surface area (Å²) in [4.78, 5) is 12.1. The zero-order valence-corrected chi connectivity index (χ0v) is 12.0. The number of aromatic hydroxyl groups is 2. The van der Waals surface area contributed by atoms with Gasteiger partial charge in [-0.2, -0.15) is 0 Å². The molecule has 9 heteroatoms. The number of carbonyl (C=O) groups excluding carboxylic acids is 1. The Morgan fingerprint density at radius 3 is 2.57 bits per heavy atom. The summed E-state index contributed by atoms with van der Waals surface area (Å²) in [7, 11) is 1.22. The summed E-state index contributed by atoms with van der Waals surface area (Å²) < 4.78 is 15.4. The first-order chi connectivity index (χ1) is 10.9. The second kappa shape index (κ2) is 5.53. The van der Waals surface area contributed by atoms with E-state index in [2.05, 4.69) is 0 Å². The number of aliphatic hydroxyl groups excluding tert-OH is 3. The molecule has 0 aromatic heterocycles. The van der Waals surface area contributed by atoms with Crippen molar-refractivity contribution in [1.82, 2.24) is 0 Å². The summed E-state index contributed by atoms with van der Waals surface area (Å²) in [5, 5.41) is 49.3. The molecular weight excluding hydrogens is 312 g/mol. The van der Waals surface area contributed by atoms with Crippen LogP contribution in [0.5, 0.6) is 17.2 Å². The van der Waals surface area contributed by atoms with Gasteiger partial charge in [-0.15, -0.1) is 0 Å². The van der Waals surface area contributed by atoms with Crippen molar-refractivity contribution in [2.75, 3.05) is 13.7 Å². The first-order valence-electron chi connectivity index (χ1n) is 6.87. The van der Waals surface area contributed by atoms with E-state index in [4.69, 9.17) is 14.2 Å². The summed E-state index contributed by atoms with van der Waals surface area (Å²) in [5.41, 5.74) is -0.187. The molecule has 5 atom stereocenters. The van der Waals surface area contributed by atoms with Crippen LogP contribution in [0.4, 0.5) is 0 Å². The van der Waals surface area contributed by atoms with Gasteiger partial charge < -0.3 is 39.7 Å². The average molecular weight is 328 g/mol. The second-order valence-corrected chi connectivity index (χ2v) is 5.37. The maximum Gasteiger partial charge on any atom is 0.339 e. The van der Waals surface area contributed by atoms with Crippen LogP contribution in [-0.4, -0.2) is 69.6 Å². The van der Waals surface area contributed by atoms with Crippen LogP contribution in [0.15, 0.2) is 6.07 Å². The fraction of sp³-hybridized carbons (Fsp3) is 0.500. The topological polar surface area (TPSA) is 146 Å². The van der Waals surface area contributed by atoms with Crippen molar-refractivity contribution in [3.8, 4) is 17.2 Å². The van der Waals surface area contributed by atoms with Gasteiger partial charge >= 0.3 is 5.97 Å². The highest BCUT2D eigenvalue weighted by Gasteiger charge is 2.52. The van der Waals surface area contributed by atoms with Gasteiger partial charge in [-0.1, -0.05) is 0 Å². The highest BCUT2D eigenvalue weighted by atomic mass is 16.6. The number of methoxy groups -OCH3 is 1. The molecule has 0 spiro atoms. The third-order valence-electron chi connectivity index (χ3n) is 4.09. The van der Waals surface area contributed by atoms with Crippen LogP contribution in [0.25, 0.3) is 0 Å². The van der Waals surface area contributed by atoms with Crippen LogP contribution < -0.4 is 4.74 Å². The quantitative estimate of drug-likeness (QED) is 0.422. The number of aliphatic hydroxyl groups is 3. The fourth-order valence-corrected chi connectivity index (χ4v) is 2.95. The van der Waals surface area contributed by atoms with Gasteiger partial charge in [0.25, 0.3) is 0 Å². The van der Waals surface area contributed by atoms with Crippen molar-refractivity contribution >= 4 is 5.97 Å². The Bertz CT molecular complexity index is 644. The highest BCUT2D eigenvalue weighted by Crippen LogP contribution is 2.49. The minimum absolute atomic E-state index is 0.0368. The molecule has 1 fully saturated rings. The van der Waals surface area contributed by atoms with Crippen LogP contribution in [0.3, 0.4) is 0 Å². The van der Waals surface area contributed by atoms with E-state index in [0.717, 1.165) is 6.07 Å². The number of hydrogen-bond acceptors (Lipinski definition) is 9. The van der Waals surface area contributed by atoms with Gasteiger partial charge in [0, 0.05) is 5.56 Å². The van der Waals surface area contributed by atoms with Crippen LogP contribution >= 0.6 is 0 Å². The van der Waals surface area contributed by atoms with Crippen LogP contribution in [-0.2, 0) is 9.47 Å². The van der Waals surface area contributed by atoms with Crippen molar-refractivity contribution in [2.45, 2.75) is 30.5 Å². The van der Waals surface area contributed by atoms with Crippen molar-refractivity contribution in [1.29, 1.82) is 0 Å². The smallest absolute Gasteiger partial charge is 0.339 e. The number of phenols is 2. The molecule has 23 heavy (non-hydrogen) atoms. The van der Waals surface area contributed by atoms with Crippen LogP contribution in [0, 0.1) is 0 Å². The number of fused-ring (bicyclic) bond motifs is 3. The highest BCUT2D eigenvalue weighted by molar-refractivity contribution is 5.95. The van der Waals surface area contributed by atoms with Crippen molar-refractivity contribution in [3.05, 3.63) is 17.2 Å². The van der Waals surface area contributed by atoms with E-state index < -0.39 is 54.6 Å². The number of hydrogen-bond donors (Lipinski definition) is 5. The van der Waals surface area contributed by atoms with Gasteiger partial charge in [0.05, 0.1) is 19.3 Å². The number of ether oxygens (including phenoxy) is 3. The molecule has 0 bridgehead atoms. The molecule has 0 saturated carbocycles. The van der Waals surface area contributed by atoms with Crippen molar-refractivity contribution in [3.63, 3.8) is 0 Å². The number of phenolic OH excluding ortho intramolecular Hbond substituents is 2. The lowest BCUT2D eigenvalue weighted by atomic mass is 9.86. The van der Waals surface area contributed by atoms with E-state index in [1.807, 2.05) is 0 Å². The standard InChI is InChI=1S/C14H16O9/c1-21-11-5(16)2-4-7(9(11)18)12-13(23-14(4)20)10(19)8(17)6(3-15)22-12/h2,6,8,10,12-13,15-19H,3H2,1H3/t6-,8-,10-,12+,13-/m1/s1. The Labute approximate surface area is 130 Å². The molecule has 3 rings (SSSR count). The number of esters is 1. The lowest BCUT2D eigenvalue weighted by molar-refractivity contribution is -0.235. The molecule has 1 aromatic carbocycles. The Morgan fingerprint density at radius 1 is 1.26 bits per heavy atom. The SMILES string of the molecule is COc1c(O)cc2c(c1O)[C@@H]1O[C@H](CO)[C@@H](O)[C@@H](O)[C@H]1OC2=O. The molecule has 2 heterocycles. The largest absolute Gasteiger partial charge is 0.504 e. The zero-order chi connectivity index (χ0) is 16.9. The lowest BCUT2D eigenvalue weighted by Gasteiger charge is -2.44. The summed E-state index contributed by atoms with van der Waals surface area (Å²) in [6.45, 7) is -0.583. The van der Waals surface area contributed by atoms with Crippen molar-refractivity contribution in [2.24, 2.45) is 0 Å². The molecule has 1 aromatic rings. The molecule has 2 aliphatic heterocycles. The predicted octanol–water partition coefficient (Wildman–Crippen LogP) is -1.20. The lowest BCUT2D eigenvalue weighted by Crippen LogP contribution is -2.58. The van der Waals surface area contributed by atoms with Crippen molar-refractivity contribution < 1.29 is 44.5 Å². The minimum Gasteiger partial charge on any atom is -0.504 e. The fourth-order valence-electron chi connectivity index (χ4n) is 2.95. The molecule has 0 amide bonds. The number of rotatable bonds is 2. The molecule has 9 nitrogen and oxygen atoms in total. The predicted molar refractivity (Wildman–Crippen MR) is 72.2 cm³/mol. The van der Waals surface area contributed by atoms with Gasteiger partial charge in [0.2, 0.25) is 5.75 Å². The molecule has 0 aliphatic carbocycles. The van der Waals surface area contributed by atoms with Crippen LogP contribution in [0.1, 0.15) is 22.0 Å². The zero-order valence-electron chi connectivity index (χ0n) is 12.0. The normalized spacial score (nSPS) is 32.7. The summed E-state index contributed by atoms with van der Waals surface area (Å²) in [6.07, 6.45) is -6.50. The average Bonchev–Trinajstić information content (AvgIpc) is 2.52. The van der Waals surface area contributed by atoms with E-state index >= 15 is 0 Å². The van der Waals surface area contributed by atoms with E-state index in [1.54, 1.807) is 0 Å². The molecule has 1 saturated heterocycles. The summed E-state index contributed by atoms with van der Waals surface area (Å²) in [6, 6.07) is 1.06. The third-order valence-corrected chi connectivity index (χ3v) is 4.09. The number of benzene rings is 1. The van der Waals surface area contributed by atoms with E-state index in [-0.39, 0.29) is 16.9 Å². The molecular formula is C14H16O9. The Kier molecular flexibility index (Phi) is 3.80. The molecule has 0 unspecified atom stereocenters. The number of carbonyl (C=O) groups is 1. The van der Waals surface area contributed by atoms with Gasteiger partial charge in [-0.3, -0.25) is 0 Å². The molecule has 2 aliphatic rings. The van der Waals surface area contributed by atoms with Gasteiger partial charge in [0.1, 0.15) is 24.4 Å². The second-order valence-electron chi connectivity index (χ2n) is 5.37. The molecule has 5 N–H and O–H groups in total. The first kappa shape index (κ1) is 15.8. The third kappa shape index (κ3) is 2.20. The van der Waals surface area contributed by atoms with E-state index in [0.29, 0.717) is 0 Å². The Balaban J connectivity index is 2.16. The summed E-state index contributed by atoms with van der Waals surface area (Å²) >= 11 is 0. The van der Waals surface area contributed by atoms with Gasteiger partial charge in [0.15, 0.2) is 17.6 Å². The van der Waals surface area contributed by atoms with Gasteiger partial charge in [-0.05, 0) is 6.07 Å². The van der Waals surface area contributed by atoms with E-state index in [1.165, 1.54) is 7.11 Å².